The SMILES string of the molecule is CCOCC1CCCN(c2cncc(Cl)n2)C1. The molecule has 1 atom stereocenters. The molecule has 2 rings (SSSR count). The van der Waals surface area contributed by atoms with Crippen LogP contribution in [0, 0.1) is 5.92 Å². The van der Waals surface area contributed by atoms with E-state index in [0.29, 0.717) is 11.1 Å². The number of ether oxygens (including phenoxy) is 1. The first kappa shape index (κ1) is 12.6. The molecule has 0 spiro atoms. The van der Waals surface area contributed by atoms with Crippen LogP contribution in [0.5, 0.6) is 0 Å². The molecule has 0 saturated carbocycles. The number of aromatic nitrogens is 2. The van der Waals surface area contributed by atoms with Crippen LogP contribution in [0.15, 0.2) is 12.4 Å². The van der Waals surface area contributed by atoms with Crippen molar-refractivity contribution >= 4 is 17.4 Å². The van der Waals surface area contributed by atoms with Gasteiger partial charge in [-0.05, 0) is 25.7 Å². The molecular formula is C12H18ClN3O. The fourth-order valence-corrected chi connectivity index (χ4v) is 2.32. The molecule has 1 unspecified atom stereocenters. The molecule has 2 heterocycles. The van der Waals surface area contributed by atoms with Crippen molar-refractivity contribution in [3.63, 3.8) is 0 Å². The van der Waals surface area contributed by atoms with Crippen LogP contribution in [0.1, 0.15) is 19.8 Å². The molecular weight excluding hydrogens is 238 g/mol. The number of anilines is 1. The van der Waals surface area contributed by atoms with Crippen molar-refractivity contribution in [3.8, 4) is 0 Å². The molecule has 0 radical (unpaired) electrons. The van der Waals surface area contributed by atoms with Gasteiger partial charge in [0, 0.05) is 19.7 Å². The van der Waals surface area contributed by atoms with Gasteiger partial charge in [-0.15, -0.1) is 0 Å². The topological polar surface area (TPSA) is 38.2 Å². The maximum atomic E-state index is 5.86. The van der Waals surface area contributed by atoms with Gasteiger partial charge in [0.15, 0.2) is 0 Å². The summed E-state index contributed by atoms with van der Waals surface area (Å²) < 4.78 is 5.49. The standard InChI is InChI=1S/C12H18ClN3O/c1-2-17-9-10-4-3-5-16(8-10)12-7-14-6-11(13)15-12/h6-7,10H,2-5,8-9H2,1H3. The van der Waals surface area contributed by atoms with E-state index in [4.69, 9.17) is 16.3 Å². The van der Waals surface area contributed by atoms with Crippen LogP contribution >= 0.6 is 11.6 Å². The molecule has 0 aliphatic carbocycles. The summed E-state index contributed by atoms with van der Waals surface area (Å²) in [5.41, 5.74) is 0. The summed E-state index contributed by atoms with van der Waals surface area (Å²) >= 11 is 5.86. The van der Waals surface area contributed by atoms with Gasteiger partial charge in [0.25, 0.3) is 0 Å². The Kier molecular flexibility index (Phi) is 4.57. The molecule has 0 aromatic carbocycles. The van der Waals surface area contributed by atoms with E-state index in [-0.39, 0.29) is 0 Å². The Morgan fingerprint density at radius 1 is 1.53 bits per heavy atom. The first-order valence-electron chi connectivity index (χ1n) is 6.10. The molecule has 0 N–H and O–H groups in total. The number of hydrogen-bond donors (Lipinski definition) is 0. The van der Waals surface area contributed by atoms with Gasteiger partial charge in [-0.25, -0.2) is 4.98 Å². The van der Waals surface area contributed by atoms with E-state index in [9.17, 15) is 0 Å². The Balaban J connectivity index is 1.97. The first-order valence-corrected chi connectivity index (χ1v) is 6.47. The lowest BCUT2D eigenvalue weighted by molar-refractivity contribution is 0.104. The molecule has 17 heavy (non-hydrogen) atoms. The lowest BCUT2D eigenvalue weighted by Crippen LogP contribution is -2.37. The summed E-state index contributed by atoms with van der Waals surface area (Å²) in [6.07, 6.45) is 5.73. The van der Waals surface area contributed by atoms with E-state index >= 15 is 0 Å². The smallest absolute Gasteiger partial charge is 0.149 e. The number of hydrogen-bond acceptors (Lipinski definition) is 4. The molecule has 1 fully saturated rings. The minimum Gasteiger partial charge on any atom is -0.381 e. The third-order valence-corrected chi connectivity index (χ3v) is 3.18. The Bertz CT molecular complexity index is 361. The highest BCUT2D eigenvalue weighted by molar-refractivity contribution is 6.29. The van der Waals surface area contributed by atoms with Crippen LogP contribution in [-0.2, 0) is 4.74 Å². The van der Waals surface area contributed by atoms with Crippen molar-refractivity contribution in [2.24, 2.45) is 5.92 Å². The molecule has 1 aromatic rings. The third-order valence-electron chi connectivity index (χ3n) is 2.99. The fourth-order valence-electron chi connectivity index (χ4n) is 2.18. The Morgan fingerprint density at radius 3 is 3.18 bits per heavy atom. The quantitative estimate of drug-likeness (QED) is 0.828. The predicted octanol–water partition coefficient (Wildman–Crippen LogP) is 2.38. The number of rotatable bonds is 4. The zero-order chi connectivity index (χ0) is 12.1. The molecule has 1 aliphatic rings. The van der Waals surface area contributed by atoms with E-state index in [1.807, 2.05) is 6.92 Å². The van der Waals surface area contributed by atoms with Gasteiger partial charge in [-0.3, -0.25) is 4.98 Å². The normalized spacial score (nSPS) is 20.6. The van der Waals surface area contributed by atoms with Crippen LogP contribution in [0.2, 0.25) is 5.15 Å². The summed E-state index contributed by atoms with van der Waals surface area (Å²) in [6, 6.07) is 0. The Labute approximate surface area is 107 Å². The van der Waals surface area contributed by atoms with Crippen LogP contribution in [-0.4, -0.2) is 36.3 Å². The van der Waals surface area contributed by atoms with Gasteiger partial charge >= 0.3 is 0 Å². The van der Waals surface area contributed by atoms with Gasteiger partial charge in [0.05, 0.1) is 19.0 Å². The van der Waals surface area contributed by atoms with Crippen LogP contribution in [0.3, 0.4) is 0 Å². The highest BCUT2D eigenvalue weighted by Crippen LogP contribution is 2.22. The Morgan fingerprint density at radius 2 is 2.41 bits per heavy atom. The Hall–Kier alpha value is -0.870. The van der Waals surface area contributed by atoms with Gasteiger partial charge < -0.3 is 9.64 Å². The van der Waals surface area contributed by atoms with E-state index in [1.54, 1.807) is 12.4 Å². The predicted molar refractivity (Wildman–Crippen MR) is 68.5 cm³/mol. The summed E-state index contributed by atoms with van der Waals surface area (Å²) in [4.78, 5) is 10.6. The van der Waals surface area contributed by atoms with Crippen LogP contribution in [0.25, 0.3) is 0 Å². The second kappa shape index (κ2) is 6.17. The second-order valence-corrected chi connectivity index (χ2v) is 4.70. The first-order chi connectivity index (χ1) is 8.29. The zero-order valence-electron chi connectivity index (χ0n) is 10.1. The van der Waals surface area contributed by atoms with Crippen molar-refractivity contribution in [3.05, 3.63) is 17.5 Å². The minimum absolute atomic E-state index is 0.453. The fraction of sp³-hybridized carbons (Fsp3) is 0.667. The summed E-state index contributed by atoms with van der Waals surface area (Å²) in [6.45, 7) is 5.66. The van der Waals surface area contributed by atoms with Gasteiger partial charge in [0.2, 0.25) is 0 Å². The van der Waals surface area contributed by atoms with Crippen molar-refractivity contribution in [1.29, 1.82) is 0 Å². The molecule has 0 bridgehead atoms. The number of halogens is 1. The number of nitrogens with zero attached hydrogens (tertiary/aromatic N) is 3. The van der Waals surface area contributed by atoms with Crippen molar-refractivity contribution in [2.45, 2.75) is 19.8 Å². The molecule has 1 aliphatic heterocycles. The van der Waals surface area contributed by atoms with E-state index in [1.165, 1.54) is 12.8 Å². The van der Waals surface area contributed by atoms with Gasteiger partial charge in [-0.2, -0.15) is 0 Å². The highest BCUT2D eigenvalue weighted by atomic mass is 35.5. The van der Waals surface area contributed by atoms with Crippen molar-refractivity contribution in [1.82, 2.24) is 9.97 Å². The molecule has 1 saturated heterocycles. The van der Waals surface area contributed by atoms with Crippen molar-refractivity contribution < 1.29 is 4.74 Å². The average Bonchev–Trinajstić information content (AvgIpc) is 2.37. The average molecular weight is 256 g/mol. The highest BCUT2D eigenvalue weighted by Gasteiger charge is 2.21. The molecule has 4 nitrogen and oxygen atoms in total. The summed E-state index contributed by atoms with van der Waals surface area (Å²) in [5, 5.41) is 0.453. The van der Waals surface area contributed by atoms with Crippen LogP contribution < -0.4 is 4.90 Å². The van der Waals surface area contributed by atoms with Gasteiger partial charge in [-0.1, -0.05) is 11.6 Å². The van der Waals surface area contributed by atoms with E-state index in [0.717, 1.165) is 32.1 Å². The second-order valence-electron chi connectivity index (χ2n) is 4.31. The molecule has 1 aromatic heterocycles. The van der Waals surface area contributed by atoms with Crippen molar-refractivity contribution in [2.75, 3.05) is 31.2 Å². The number of piperidine rings is 1. The minimum atomic E-state index is 0.453. The molecule has 0 amide bonds. The lowest BCUT2D eigenvalue weighted by atomic mass is 9.99. The summed E-state index contributed by atoms with van der Waals surface area (Å²) in [7, 11) is 0. The van der Waals surface area contributed by atoms with E-state index in [2.05, 4.69) is 14.9 Å². The van der Waals surface area contributed by atoms with Crippen LogP contribution in [0.4, 0.5) is 5.82 Å². The lowest BCUT2D eigenvalue weighted by Gasteiger charge is -2.33. The molecule has 94 valence electrons. The third kappa shape index (κ3) is 3.54. The largest absolute Gasteiger partial charge is 0.381 e. The van der Waals surface area contributed by atoms with E-state index < -0.39 is 0 Å². The zero-order valence-corrected chi connectivity index (χ0v) is 10.9. The van der Waals surface area contributed by atoms with Gasteiger partial charge in [0.1, 0.15) is 11.0 Å². The maximum absolute atomic E-state index is 5.86. The molecule has 5 heteroatoms. The maximum Gasteiger partial charge on any atom is 0.149 e. The monoisotopic (exact) mass is 255 g/mol. The summed E-state index contributed by atoms with van der Waals surface area (Å²) in [5.74, 6) is 1.46.